The highest BCUT2D eigenvalue weighted by Crippen LogP contribution is 2.39. The lowest BCUT2D eigenvalue weighted by molar-refractivity contribution is 0.300. The summed E-state index contributed by atoms with van der Waals surface area (Å²) in [5.74, 6) is -0.364. The van der Waals surface area contributed by atoms with Crippen LogP contribution in [0, 0.1) is 0 Å². The smallest absolute Gasteiger partial charge is 0.362 e. The number of rotatable bonds is 6. The van der Waals surface area contributed by atoms with Crippen molar-refractivity contribution in [1.82, 2.24) is 5.32 Å². The van der Waals surface area contributed by atoms with Crippen LogP contribution in [0.5, 0.6) is 5.75 Å². The van der Waals surface area contributed by atoms with E-state index in [4.69, 9.17) is 4.55 Å². The van der Waals surface area contributed by atoms with Crippen LogP contribution < -0.4 is 9.50 Å². The van der Waals surface area contributed by atoms with Gasteiger partial charge in [-0.15, -0.1) is 0 Å². The van der Waals surface area contributed by atoms with Gasteiger partial charge in [0.25, 0.3) is 0 Å². The number of fused-ring (bicyclic) bond motifs is 1. The Labute approximate surface area is 172 Å². The van der Waals surface area contributed by atoms with Gasteiger partial charge in [-0.1, -0.05) is 56.7 Å². The van der Waals surface area contributed by atoms with Gasteiger partial charge in [0.05, 0.1) is 16.7 Å². The molecule has 0 saturated heterocycles. The molecule has 0 aromatic heterocycles. The Morgan fingerprint density at radius 2 is 1.86 bits per heavy atom. The minimum Gasteiger partial charge on any atom is -0.362 e. The van der Waals surface area contributed by atoms with Crippen molar-refractivity contribution in [3.63, 3.8) is 0 Å². The third-order valence-corrected chi connectivity index (χ3v) is 7.65. The SMILES string of the molecule is CCC[C@]1(CC)CS(=O)(=O)c2cc(OS(=O)(=O)O)ccc2C(c2ccccc2)N1. The van der Waals surface area contributed by atoms with Crippen LogP contribution in [0.15, 0.2) is 53.4 Å². The summed E-state index contributed by atoms with van der Waals surface area (Å²) in [6, 6.07) is 13.2. The van der Waals surface area contributed by atoms with Crippen LogP contribution in [0.25, 0.3) is 0 Å². The van der Waals surface area contributed by atoms with Gasteiger partial charge in [0.1, 0.15) is 5.75 Å². The molecule has 1 aliphatic heterocycles. The lowest BCUT2D eigenvalue weighted by Gasteiger charge is -2.35. The molecule has 0 radical (unpaired) electrons. The molecule has 1 aliphatic rings. The number of benzene rings is 2. The minimum atomic E-state index is -4.76. The second-order valence-electron chi connectivity index (χ2n) is 7.34. The Morgan fingerprint density at radius 1 is 1.17 bits per heavy atom. The van der Waals surface area contributed by atoms with E-state index in [9.17, 15) is 16.8 Å². The lowest BCUT2D eigenvalue weighted by Crippen LogP contribution is -2.50. The van der Waals surface area contributed by atoms with Gasteiger partial charge < -0.3 is 4.18 Å². The molecule has 1 heterocycles. The van der Waals surface area contributed by atoms with Gasteiger partial charge >= 0.3 is 10.4 Å². The van der Waals surface area contributed by atoms with E-state index in [1.165, 1.54) is 18.2 Å². The van der Waals surface area contributed by atoms with Gasteiger partial charge in [-0.2, -0.15) is 8.42 Å². The Kier molecular flexibility index (Phi) is 6.05. The topological polar surface area (TPSA) is 110 Å². The fourth-order valence-corrected chi connectivity index (χ4v) is 6.48. The molecule has 7 nitrogen and oxygen atoms in total. The number of hydrogen-bond acceptors (Lipinski definition) is 6. The van der Waals surface area contributed by atoms with Crippen LogP contribution >= 0.6 is 0 Å². The first-order valence-electron chi connectivity index (χ1n) is 9.45. The van der Waals surface area contributed by atoms with Crippen molar-refractivity contribution in [1.29, 1.82) is 0 Å². The van der Waals surface area contributed by atoms with Gasteiger partial charge in [0.15, 0.2) is 9.84 Å². The second kappa shape index (κ2) is 8.06. The van der Waals surface area contributed by atoms with Gasteiger partial charge in [0.2, 0.25) is 0 Å². The van der Waals surface area contributed by atoms with Crippen molar-refractivity contribution in [3.8, 4) is 5.75 Å². The molecule has 29 heavy (non-hydrogen) atoms. The maximum absolute atomic E-state index is 13.3. The first-order chi connectivity index (χ1) is 13.6. The number of nitrogens with one attached hydrogen (secondary N) is 1. The molecule has 158 valence electrons. The zero-order valence-electron chi connectivity index (χ0n) is 16.3. The molecule has 2 aromatic carbocycles. The predicted octanol–water partition coefficient (Wildman–Crippen LogP) is 3.28. The Bertz CT molecular complexity index is 1080. The Balaban J connectivity index is 2.23. The average molecular weight is 440 g/mol. The first kappa shape index (κ1) is 21.8. The zero-order valence-corrected chi connectivity index (χ0v) is 18.0. The minimum absolute atomic E-state index is 0.00595. The van der Waals surface area contributed by atoms with Crippen LogP contribution in [0.1, 0.15) is 50.3 Å². The number of hydrogen-bond donors (Lipinski definition) is 2. The predicted molar refractivity (Wildman–Crippen MR) is 110 cm³/mol. The van der Waals surface area contributed by atoms with E-state index in [2.05, 4.69) is 9.50 Å². The van der Waals surface area contributed by atoms with E-state index in [-0.39, 0.29) is 16.4 Å². The van der Waals surface area contributed by atoms with E-state index >= 15 is 0 Å². The molecule has 1 unspecified atom stereocenters. The Hall–Kier alpha value is -1.94. The molecular weight excluding hydrogens is 414 g/mol. The maximum Gasteiger partial charge on any atom is 0.446 e. The summed E-state index contributed by atoms with van der Waals surface area (Å²) in [5.41, 5.74) is 0.797. The second-order valence-corrected chi connectivity index (χ2v) is 10.3. The van der Waals surface area contributed by atoms with E-state index in [0.717, 1.165) is 12.0 Å². The largest absolute Gasteiger partial charge is 0.446 e. The van der Waals surface area contributed by atoms with Crippen LogP contribution in [-0.4, -0.2) is 32.7 Å². The van der Waals surface area contributed by atoms with Crippen LogP contribution in [0.2, 0.25) is 0 Å². The average Bonchev–Trinajstić information content (AvgIpc) is 2.74. The highest BCUT2D eigenvalue weighted by Gasteiger charge is 2.41. The summed E-state index contributed by atoms with van der Waals surface area (Å²) in [4.78, 5) is 0.00595. The van der Waals surface area contributed by atoms with E-state index < -0.39 is 31.8 Å². The first-order valence-corrected chi connectivity index (χ1v) is 12.5. The van der Waals surface area contributed by atoms with Gasteiger partial charge in [-0.05, 0) is 30.0 Å². The van der Waals surface area contributed by atoms with Gasteiger partial charge in [-0.25, -0.2) is 8.42 Å². The molecule has 0 fully saturated rings. The molecule has 0 bridgehead atoms. The quantitative estimate of drug-likeness (QED) is 0.665. The summed E-state index contributed by atoms with van der Waals surface area (Å²) in [5, 5.41) is 3.59. The fourth-order valence-electron chi connectivity index (χ4n) is 3.98. The van der Waals surface area contributed by atoms with Gasteiger partial charge in [0, 0.05) is 11.6 Å². The maximum atomic E-state index is 13.3. The molecule has 9 heteroatoms. The number of sulfone groups is 1. The van der Waals surface area contributed by atoms with Crippen molar-refractivity contribution in [2.45, 2.75) is 49.6 Å². The molecule has 0 spiro atoms. The molecule has 0 amide bonds. The zero-order chi connectivity index (χ0) is 21.3. The van der Waals surface area contributed by atoms with Crippen molar-refractivity contribution in [3.05, 3.63) is 59.7 Å². The van der Waals surface area contributed by atoms with Crippen molar-refractivity contribution in [2.75, 3.05) is 5.75 Å². The third kappa shape index (κ3) is 4.80. The third-order valence-electron chi connectivity index (χ3n) is 5.29. The molecule has 2 N–H and O–H groups in total. The van der Waals surface area contributed by atoms with Crippen LogP contribution in [0.4, 0.5) is 0 Å². The van der Waals surface area contributed by atoms with Crippen LogP contribution in [-0.2, 0) is 20.2 Å². The normalized spacial score (nSPS) is 23.8. The van der Waals surface area contributed by atoms with Crippen molar-refractivity contribution in [2.24, 2.45) is 0 Å². The van der Waals surface area contributed by atoms with E-state index in [0.29, 0.717) is 18.4 Å². The molecule has 2 atom stereocenters. The summed E-state index contributed by atoms with van der Waals surface area (Å²) in [6.45, 7) is 3.97. The fraction of sp³-hybridized carbons (Fsp3) is 0.400. The van der Waals surface area contributed by atoms with E-state index in [1.807, 2.05) is 44.2 Å². The summed E-state index contributed by atoms with van der Waals surface area (Å²) in [6.07, 6.45) is 2.10. The van der Waals surface area contributed by atoms with Crippen molar-refractivity contribution >= 4 is 20.2 Å². The summed E-state index contributed by atoms with van der Waals surface area (Å²) in [7, 11) is -8.52. The standard InChI is InChI=1S/C20H25NO6S2/c1-3-12-20(4-2)14-28(22,23)18-13-16(27-29(24,25)26)10-11-17(18)19(21-20)15-8-6-5-7-9-15/h5-11,13,19,21H,3-4,12,14H2,1-2H3,(H,24,25,26)/t19?,20-/m1/s1. The van der Waals surface area contributed by atoms with Gasteiger partial charge in [-0.3, -0.25) is 9.87 Å². The highest BCUT2D eigenvalue weighted by atomic mass is 32.3. The van der Waals surface area contributed by atoms with E-state index in [1.54, 1.807) is 0 Å². The molecular formula is C20H25NO6S2. The monoisotopic (exact) mass is 439 g/mol. The summed E-state index contributed by atoms with van der Waals surface area (Å²) < 4.78 is 62.3. The van der Waals surface area contributed by atoms with Crippen molar-refractivity contribution < 1.29 is 25.6 Å². The lowest BCUT2D eigenvalue weighted by atomic mass is 9.88. The Morgan fingerprint density at radius 3 is 2.45 bits per heavy atom. The van der Waals surface area contributed by atoms with Crippen LogP contribution in [0.3, 0.4) is 0 Å². The summed E-state index contributed by atoms with van der Waals surface area (Å²) >= 11 is 0. The molecule has 0 saturated carbocycles. The molecule has 0 aliphatic carbocycles. The molecule has 2 aromatic rings. The molecule has 3 rings (SSSR count). The highest BCUT2D eigenvalue weighted by molar-refractivity contribution is 7.91.